The molecule has 0 saturated carbocycles. The van der Waals surface area contributed by atoms with Gasteiger partial charge >= 0.3 is 0 Å². The monoisotopic (exact) mass is 453 g/mol. The van der Waals surface area contributed by atoms with E-state index in [1.807, 2.05) is 37.3 Å². The lowest BCUT2D eigenvalue weighted by molar-refractivity contribution is 0.102. The van der Waals surface area contributed by atoms with Crippen LogP contribution in [0.1, 0.15) is 21.6 Å². The number of carbonyl (C=O) groups excluding carboxylic acids is 1. The Morgan fingerprint density at radius 1 is 1.12 bits per heavy atom. The van der Waals surface area contributed by atoms with E-state index in [1.54, 1.807) is 35.2 Å². The Labute approximate surface area is 193 Å². The minimum absolute atomic E-state index is 0.116. The summed E-state index contributed by atoms with van der Waals surface area (Å²) in [6.45, 7) is 2.26. The largest absolute Gasteiger partial charge is 0.322 e. The zero-order valence-electron chi connectivity index (χ0n) is 18.2. The van der Waals surface area contributed by atoms with Crippen molar-refractivity contribution >= 4 is 22.4 Å². The van der Waals surface area contributed by atoms with E-state index in [0.717, 1.165) is 33.8 Å². The molecule has 3 heterocycles. The van der Waals surface area contributed by atoms with Crippen molar-refractivity contribution in [3.63, 3.8) is 0 Å². The van der Waals surface area contributed by atoms with E-state index in [2.05, 4.69) is 20.5 Å². The van der Waals surface area contributed by atoms with Gasteiger partial charge in [0.2, 0.25) is 5.95 Å². The quantitative estimate of drug-likeness (QED) is 0.382. The summed E-state index contributed by atoms with van der Waals surface area (Å²) in [6, 6.07) is 17.3. The number of nitrogens with zero attached hydrogens (tertiary/aromatic N) is 3. The fourth-order valence-corrected chi connectivity index (χ4v) is 3.91. The summed E-state index contributed by atoms with van der Waals surface area (Å²) in [5, 5.41) is 11.1. The summed E-state index contributed by atoms with van der Waals surface area (Å²) in [5.41, 5.74) is 4.35. The van der Waals surface area contributed by atoms with Gasteiger partial charge in [0.05, 0.1) is 12.7 Å². The summed E-state index contributed by atoms with van der Waals surface area (Å²) in [5.74, 6) is -1.05. The third-order valence-electron chi connectivity index (χ3n) is 5.64. The van der Waals surface area contributed by atoms with Crippen molar-refractivity contribution in [1.82, 2.24) is 19.7 Å². The van der Waals surface area contributed by atoms with Crippen molar-refractivity contribution in [2.24, 2.45) is 0 Å². The van der Waals surface area contributed by atoms with Gasteiger partial charge in [0.25, 0.3) is 11.5 Å². The van der Waals surface area contributed by atoms with Crippen molar-refractivity contribution < 1.29 is 9.18 Å². The first-order chi connectivity index (χ1) is 16.5. The number of benzene rings is 2. The van der Waals surface area contributed by atoms with Gasteiger partial charge < -0.3 is 9.88 Å². The predicted octanol–water partition coefficient (Wildman–Crippen LogP) is 4.53. The average molecular weight is 453 g/mol. The molecule has 0 aliphatic rings. The molecule has 0 spiro atoms. The first-order valence-electron chi connectivity index (χ1n) is 10.6. The van der Waals surface area contributed by atoms with Crippen LogP contribution in [-0.2, 0) is 6.54 Å². The fraction of sp³-hybridized carbons (Fsp3) is 0.0769. The molecule has 34 heavy (non-hydrogen) atoms. The maximum Gasteiger partial charge on any atom is 0.258 e. The molecule has 7 nitrogen and oxygen atoms in total. The standard InChI is InChI=1S/C26H20FN5O2/c1-16-23(14-29-31-16)18-5-6-22-19(12-18)8-10-32(26(22)34)15-17-3-2-4-20(11-17)25(33)30-21-7-9-28-24(27)13-21/h2-14H,15H2,1H3,(H,29,31)(H,28,30,33). The van der Waals surface area contributed by atoms with Crippen LogP contribution in [0.25, 0.3) is 21.9 Å². The smallest absolute Gasteiger partial charge is 0.258 e. The molecule has 5 aromatic rings. The number of halogens is 1. The van der Waals surface area contributed by atoms with Gasteiger partial charge in [-0.2, -0.15) is 9.49 Å². The summed E-state index contributed by atoms with van der Waals surface area (Å²) in [4.78, 5) is 29.2. The number of rotatable bonds is 5. The second-order valence-electron chi connectivity index (χ2n) is 7.98. The fourth-order valence-electron chi connectivity index (χ4n) is 3.91. The highest BCUT2D eigenvalue weighted by Crippen LogP contribution is 2.24. The van der Waals surface area contributed by atoms with Gasteiger partial charge in [-0.15, -0.1) is 0 Å². The number of amides is 1. The number of hydrogen-bond donors (Lipinski definition) is 2. The molecule has 2 N–H and O–H groups in total. The lowest BCUT2D eigenvalue weighted by Gasteiger charge is -2.10. The predicted molar refractivity (Wildman–Crippen MR) is 128 cm³/mol. The topological polar surface area (TPSA) is 92.7 Å². The maximum absolute atomic E-state index is 13.3. The van der Waals surface area contributed by atoms with Crippen molar-refractivity contribution in [3.8, 4) is 11.1 Å². The first kappa shape index (κ1) is 21.3. The molecular formula is C26H20FN5O2. The van der Waals surface area contributed by atoms with E-state index in [1.165, 1.54) is 12.3 Å². The highest BCUT2D eigenvalue weighted by molar-refractivity contribution is 6.04. The maximum atomic E-state index is 13.3. The summed E-state index contributed by atoms with van der Waals surface area (Å²) < 4.78 is 14.9. The zero-order valence-corrected chi connectivity index (χ0v) is 18.2. The van der Waals surface area contributed by atoms with Crippen LogP contribution in [0.15, 0.2) is 84.0 Å². The molecule has 0 aliphatic carbocycles. The Kier molecular flexibility index (Phi) is 5.47. The normalized spacial score (nSPS) is 11.0. The van der Waals surface area contributed by atoms with Crippen LogP contribution in [-0.4, -0.2) is 25.7 Å². The van der Waals surface area contributed by atoms with Crippen LogP contribution in [0, 0.1) is 12.9 Å². The molecule has 5 rings (SSSR count). The van der Waals surface area contributed by atoms with Crippen LogP contribution in [0.2, 0.25) is 0 Å². The van der Waals surface area contributed by atoms with E-state index >= 15 is 0 Å². The highest BCUT2D eigenvalue weighted by Gasteiger charge is 2.11. The molecular weight excluding hydrogens is 433 g/mol. The number of aryl methyl sites for hydroxylation is 1. The molecule has 1 amide bonds. The van der Waals surface area contributed by atoms with Gasteiger partial charge in [0.15, 0.2) is 0 Å². The summed E-state index contributed by atoms with van der Waals surface area (Å²) in [7, 11) is 0. The lowest BCUT2D eigenvalue weighted by atomic mass is 10.0. The van der Waals surface area contributed by atoms with E-state index < -0.39 is 5.95 Å². The Balaban J connectivity index is 1.40. The van der Waals surface area contributed by atoms with Crippen LogP contribution in [0.3, 0.4) is 0 Å². The van der Waals surface area contributed by atoms with E-state index in [-0.39, 0.29) is 11.5 Å². The van der Waals surface area contributed by atoms with E-state index in [9.17, 15) is 14.0 Å². The molecule has 3 aromatic heterocycles. The van der Waals surface area contributed by atoms with Crippen molar-refractivity contribution in [2.75, 3.05) is 5.32 Å². The van der Waals surface area contributed by atoms with Crippen LogP contribution in [0.4, 0.5) is 10.1 Å². The molecule has 0 unspecified atom stereocenters. The minimum atomic E-state index is -0.672. The summed E-state index contributed by atoms with van der Waals surface area (Å²) in [6.07, 6.45) is 4.81. The molecule has 0 fully saturated rings. The number of aromatic nitrogens is 4. The van der Waals surface area contributed by atoms with Gasteiger partial charge in [-0.25, -0.2) is 4.98 Å². The van der Waals surface area contributed by atoms with Gasteiger partial charge in [-0.05, 0) is 59.8 Å². The van der Waals surface area contributed by atoms with Crippen LogP contribution >= 0.6 is 0 Å². The third kappa shape index (κ3) is 4.21. The molecule has 2 aromatic carbocycles. The zero-order chi connectivity index (χ0) is 23.7. The third-order valence-corrected chi connectivity index (χ3v) is 5.64. The van der Waals surface area contributed by atoms with Gasteiger partial charge in [0, 0.05) is 46.4 Å². The number of fused-ring (bicyclic) bond motifs is 1. The molecule has 0 bridgehead atoms. The number of anilines is 1. The van der Waals surface area contributed by atoms with Gasteiger partial charge in [-0.3, -0.25) is 14.7 Å². The molecule has 0 saturated heterocycles. The summed E-state index contributed by atoms with van der Waals surface area (Å²) >= 11 is 0. The Bertz CT molecular complexity index is 1590. The molecule has 168 valence electrons. The SMILES string of the molecule is Cc1[nH]ncc1-c1ccc2c(=O)n(Cc3cccc(C(=O)Nc4ccnc(F)c4)c3)ccc2c1. The van der Waals surface area contributed by atoms with Crippen LogP contribution in [0.5, 0.6) is 0 Å². The lowest BCUT2D eigenvalue weighted by Crippen LogP contribution is -2.20. The Hall–Kier alpha value is -4.59. The number of H-pyrrole nitrogens is 1. The van der Waals surface area contributed by atoms with Crippen molar-refractivity contribution in [1.29, 1.82) is 0 Å². The Morgan fingerprint density at radius 2 is 2.00 bits per heavy atom. The van der Waals surface area contributed by atoms with Gasteiger partial charge in [-0.1, -0.05) is 18.2 Å². The highest BCUT2D eigenvalue weighted by atomic mass is 19.1. The van der Waals surface area contributed by atoms with Gasteiger partial charge in [0.1, 0.15) is 0 Å². The second-order valence-corrected chi connectivity index (χ2v) is 7.98. The number of aromatic amines is 1. The number of pyridine rings is 2. The average Bonchev–Trinajstić information content (AvgIpc) is 3.27. The van der Waals surface area contributed by atoms with E-state index in [4.69, 9.17) is 0 Å². The number of nitrogens with one attached hydrogen (secondary N) is 2. The molecule has 0 atom stereocenters. The van der Waals surface area contributed by atoms with Crippen LogP contribution < -0.4 is 10.9 Å². The number of hydrogen-bond acceptors (Lipinski definition) is 4. The number of carbonyl (C=O) groups is 1. The molecule has 8 heteroatoms. The molecule has 0 aliphatic heterocycles. The van der Waals surface area contributed by atoms with E-state index in [0.29, 0.717) is 23.2 Å². The second kappa shape index (κ2) is 8.74. The Morgan fingerprint density at radius 3 is 2.79 bits per heavy atom. The molecule has 0 radical (unpaired) electrons. The van der Waals surface area contributed by atoms with Crippen molar-refractivity contribution in [2.45, 2.75) is 13.5 Å². The van der Waals surface area contributed by atoms with Crippen molar-refractivity contribution in [3.05, 3.63) is 112 Å². The minimum Gasteiger partial charge on any atom is -0.322 e. The first-order valence-corrected chi connectivity index (χ1v) is 10.6.